The predicted molar refractivity (Wildman–Crippen MR) is 73.3 cm³/mol. The van der Waals surface area contributed by atoms with Gasteiger partial charge in [-0.1, -0.05) is 23.7 Å². The summed E-state index contributed by atoms with van der Waals surface area (Å²) in [5, 5.41) is 2.91. The van der Waals surface area contributed by atoms with Crippen molar-refractivity contribution in [1.82, 2.24) is 4.90 Å². The SMILES string of the molecule is CCOC(=O)N(CCN)C(=O)Nc1ccccc1Cl. The molecule has 0 heterocycles. The zero-order valence-corrected chi connectivity index (χ0v) is 11.3. The number of nitrogens with two attached hydrogens (primary N) is 1. The number of amides is 3. The van der Waals surface area contributed by atoms with Crippen LogP contribution in [-0.4, -0.2) is 36.7 Å². The number of rotatable bonds is 4. The summed E-state index contributed by atoms with van der Waals surface area (Å²) in [6, 6.07) is 6.10. The number of carbonyl (C=O) groups is 2. The first-order chi connectivity index (χ1) is 9.10. The van der Waals surface area contributed by atoms with Crippen LogP contribution < -0.4 is 11.1 Å². The van der Waals surface area contributed by atoms with Crippen LogP contribution in [0.3, 0.4) is 0 Å². The quantitative estimate of drug-likeness (QED) is 0.889. The molecule has 7 heteroatoms. The van der Waals surface area contributed by atoms with Crippen LogP contribution in [0.25, 0.3) is 0 Å². The molecule has 0 aliphatic rings. The van der Waals surface area contributed by atoms with E-state index in [0.717, 1.165) is 4.90 Å². The molecule has 0 aliphatic carbocycles. The van der Waals surface area contributed by atoms with E-state index in [9.17, 15) is 9.59 Å². The van der Waals surface area contributed by atoms with Crippen LogP contribution in [0.4, 0.5) is 15.3 Å². The summed E-state index contributed by atoms with van der Waals surface area (Å²) in [6.45, 7) is 2.05. The van der Waals surface area contributed by atoms with E-state index in [1.54, 1.807) is 31.2 Å². The summed E-state index contributed by atoms with van der Waals surface area (Å²) in [4.78, 5) is 24.5. The van der Waals surface area contributed by atoms with Crippen LogP contribution in [-0.2, 0) is 4.74 Å². The second-order valence-corrected chi connectivity index (χ2v) is 3.96. The number of benzene rings is 1. The molecule has 0 unspecified atom stereocenters. The molecule has 0 bridgehead atoms. The number of para-hydroxylation sites is 1. The van der Waals surface area contributed by atoms with E-state index < -0.39 is 12.1 Å². The number of nitrogens with zero attached hydrogens (tertiary/aromatic N) is 1. The highest BCUT2D eigenvalue weighted by atomic mass is 35.5. The molecule has 1 rings (SSSR count). The average Bonchev–Trinajstić information content (AvgIpc) is 2.38. The van der Waals surface area contributed by atoms with Crippen LogP contribution in [0.2, 0.25) is 5.02 Å². The van der Waals surface area contributed by atoms with Crippen LogP contribution in [0, 0.1) is 0 Å². The topological polar surface area (TPSA) is 84.7 Å². The molecule has 3 N–H and O–H groups in total. The van der Waals surface area contributed by atoms with Gasteiger partial charge < -0.3 is 15.8 Å². The van der Waals surface area contributed by atoms with E-state index in [-0.39, 0.29) is 19.7 Å². The lowest BCUT2D eigenvalue weighted by Gasteiger charge is -2.20. The van der Waals surface area contributed by atoms with Gasteiger partial charge in [-0.05, 0) is 19.1 Å². The van der Waals surface area contributed by atoms with Crippen LogP contribution in [0.1, 0.15) is 6.92 Å². The third-order valence-electron chi connectivity index (χ3n) is 2.20. The molecule has 0 spiro atoms. The number of nitrogens with one attached hydrogen (secondary N) is 1. The van der Waals surface area contributed by atoms with Gasteiger partial charge in [-0.25, -0.2) is 14.5 Å². The first kappa shape index (κ1) is 15.3. The molecule has 6 nitrogen and oxygen atoms in total. The van der Waals surface area contributed by atoms with Crippen molar-refractivity contribution in [2.75, 3.05) is 25.0 Å². The van der Waals surface area contributed by atoms with Crippen molar-refractivity contribution >= 4 is 29.4 Å². The highest BCUT2D eigenvalue weighted by Crippen LogP contribution is 2.20. The summed E-state index contributed by atoms with van der Waals surface area (Å²) in [7, 11) is 0. The molecule has 104 valence electrons. The summed E-state index contributed by atoms with van der Waals surface area (Å²) >= 11 is 5.92. The van der Waals surface area contributed by atoms with Gasteiger partial charge in [-0.3, -0.25) is 0 Å². The van der Waals surface area contributed by atoms with E-state index in [1.165, 1.54) is 0 Å². The molecule has 0 atom stereocenters. The Labute approximate surface area is 116 Å². The van der Waals surface area contributed by atoms with E-state index in [1.807, 2.05) is 0 Å². The third-order valence-corrected chi connectivity index (χ3v) is 2.53. The Morgan fingerprint density at radius 3 is 2.68 bits per heavy atom. The Balaban J connectivity index is 2.77. The lowest BCUT2D eigenvalue weighted by atomic mass is 10.3. The predicted octanol–water partition coefficient (Wildman–Crippen LogP) is 2.29. The second-order valence-electron chi connectivity index (χ2n) is 3.55. The minimum absolute atomic E-state index is 0.0646. The van der Waals surface area contributed by atoms with E-state index in [2.05, 4.69) is 5.32 Å². The van der Waals surface area contributed by atoms with Crippen molar-refractivity contribution in [1.29, 1.82) is 0 Å². The van der Waals surface area contributed by atoms with Crippen molar-refractivity contribution in [3.05, 3.63) is 29.3 Å². The third kappa shape index (κ3) is 4.42. The Morgan fingerprint density at radius 2 is 2.11 bits per heavy atom. The Hall–Kier alpha value is -1.79. The standard InChI is InChI=1S/C12H16ClN3O3/c1-2-19-12(18)16(8-7-14)11(17)15-10-6-4-3-5-9(10)13/h3-6H,2,7-8,14H2,1H3,(H,15,17). The normalized spacial score (nSPS) is 9.84. The summed E-state index contributed by atoms with van der Waals surface area (Å²) < 4.78 is 4.78. The molecule has 0 aliphatic heterocycles. The fourth-order valence-electron chi connectivity index (χ4n) is 1.35. The number of imide groups is 1. The smallest absolute Gasteiger partial charge is 0.418 e. The number of ether oxygens (including phenoxy) is 1. The number of hydrogen-bond acceptors (Lipinski definition) is 4. The molecule has 0 aromatic heterocycles. The number of anilines is 1. The molecule has 0 saturated heterocycles. The molecule has 0 radical (unpaired) electrons. The van der Waals surface area contributed by atoms with E-state index in [4.69, 9.17) is 22.1 Å². The Kier molecular flexibility index (Phi) is 6.11. The highest BCUT2D eigenvalue weighted by Gasteiger charge is 2.22. The zero-order chi connectivity index (χ0) is 14.3. The fraction of sp³-hybridized carbons (Fsp3) is 0.333. The van der Waals surface area contributed by atoms with E-state index in [0.29, 0.717) is 10.7 Å². The van der Waals surface area contributed by atoms with Gasteiger partial charge >= 0.3 is 12.1 Å². The monoisotopic (exact) mass is 285 g/mol. The highest BCUT2D eigenvalue weighted by molar-refractivity contribution is 6.33. The van der Waals surface area contributed by atoms with Gasteiger partial charge in [-0.15, -0.1) is 0 Å². The maximum Gasteiger partial charge on any atom is 0.418 e. The van der Waals surface area contributed by atoms with Crippen LogP contribution in [0.5, 0.6) is 0 Å². The number of hydrogen-bond donors (Lipinski definition) is 2. The molecule has 0 fully saturated rings. The minimum Gasteiger partial charge on any atom is -0.449 e. The minimum atomic E-state index is -0.738. The van der Waals surface area contributed by atoms with Crippen molar-refractivity contribution < 1.29 is 14.3 Å². The number of halogens is 1. The average molecular weight is 286 g/mol. The fourth-order valence-corrected chi connectivity index (χ4v) is 1.53. The zero-order valence-electron chi connectivity index (χ0n) is 10.6. The largest absolute Gasteiger partial charge is 0.449 e. The summed E-state index contributed by atoms with van der Waals surface area (Å²) in [5.74, 6) is 0. The van der Waals surface area contributed by atoms with Gasteiger partial charge in [0.2, 0.25) is 0 Å². The van der Waals surface area contributed by atoms with Gasteiger partial charge in [0.1, 0.15) is 0 Å². The van der Waals surface area contributed by atoms with Crippen molar-refractivity contribution in [3.63, 3.8) is 0 Å². The molecule has 3 amide bonds. The van der Waals surface area contributed by atoms with Crippen molar-refractivity contribution in [2.45, 2.75) is 6.92 Å². The lowest BCUT2D eigenvalue weighted by molar-refractivity contribution is 0.118. The van der Waals surface area contributed by atoms with Gasteiger partial charge in [0, 0.05) is 13.1 Å². The van der Waals surface area contributed by atoms with E-state index >= 15 is 0 Å². The van der Waals surface area contributed by atoms with Crippen molar-refractivity contribution in [2.24, 2.45) is 5.73 Å². The summed E-state index contributed by atoms with van der Waals surface area (Å²) in [5.41, 5.74) is 5.79. The van der Waals surface area contributed by atoms with Gasteiger partial charge in [0.25, 0.3) is 0 Å². The summed E-state index contributed by atoms with van der Waals surface area (Å²) in [6.07, 6.45) is -0.738. The maximum atomic E-state index is 12.0. The van der Waals surface area contributed by atoms with Crippen molar-refractivity contribution in [3.8, 4) is 0 Å². The molecular formula is C12H16ClN3O3. The van der Waals surface area contributed by atoms with Gasteiger partial charge in [0.15, 0.2) is 0 Å². The maximum absolute atomic E-state index is 12.0. The molecule has 1 aromatic rings. The Bertz CT molecular complexity index is 454. The first-order valence-corrected chi connectivity index (χ1v) is 6.17. The molecule has 0 saturated carbocycles. The van der Waals surface area contributed by atoms with Gasteiger partial charge in [0.05, 0.1) is 17.3 Å². The number of urea groups is 1. The first-order valence-electron chi connectivity index (χ1n) is 5.80. The number of carbonyl (C=O) groups excluding carboxylic acids is 2. The Morgan fingerprint density at radius 1 is 1.42 bits per heavy atom. The van der Waals surface area contributed by atoms with Crippen LogP contribution in [0.15, 0.2) is 24.3 Å². The molecule has 1 aromatic carbocycles. The molecular weight excluding hydrogens is 270 g/mol. The lowest BCUT2D eigenvalue weighted by Crippen LogP contribution is -2.43. The van der Waals surface area contributed by atoms with Gasteiger partial charge in [-0.2, -0.15) is 0 Å². The second kappa shape index (κ2) is 7.60. The van der Waals surface area contributed by atoms with Crippen LogP contribution >= 0.6 is 11.6 Å². The molecule has 19 heavy (non-hydrogen) atoms.